The fourth-order valence-electron chi connectivity index (χ4n) is 1.89. The molecule has 0 saturated carbocycles. The molecule has 1 aromatic carbocycles. The molecular formula is C15H24ClN3O3. The Morgan fingerprint density at radius 2 is 2.00 bits per heavy atom. The molecule has 1 rings (SSSR count). The summed E-state index contributed by atoms with van der Waals surface area (Å²) in [6, 6.07) is 6.91. The number of nitrogens with zero attached hydrogens (tertiary/aromatic N) is 1. The Kier molecular flexibility index (Phi) is 9.21. The zero-order chi connectivity index (χ0) is 15.8. The summed E-state index contributed by atoms with van der Waals surface area (Å²) in [5, 5.41) is 2.75. The number of nitrogens with two attached hydrogens (primary N) is 1. The number of methoxy groups -OCH3 is 1. The van der Waals surface area contributed by atoms with Crippen molar-refractivity contribution in [2.45, 2.75) is 26.3 Å². The van der Waals surface area contributed by atoms with Gasteiger partial charge < -0.3 is 20.7 Å². The van der Waals surface area contributed by atoms with Crippen LogP contribution in [0.15, 0.2) is 24.3 Å². The topological polar surface area (TPSA) is 84.7 Å². The number of carbonyl (C=O) groups is 2. The molecule has 6 nitrogen and oxygen atoms in total. The fraction of sp³-hybridized carbons (Fsp3) is 0.467. The number of rotatable bonds is 7. The van der Waals surface area contributed by atoms with E-state index in [1.165, 1.54) is 12.0 Å². The van der Waals surface area contributed by atoms with Gasteiger partial charge in [-0.3, -0.25) is 9.59 Å². The maximum Gasteiger partial charge on any atom is 0.244 e. The van der Waals surface area contributed by atoms with Crippen LogP contribution in [0.5, 0.6) is 5.75 Å². The molecule has 1 atom stereocenters. The van der Waals surface area contributed by atoms with Crippen LogP contribution >= 0.6 is 12.4 Å². The van der Waals surface area contributed by atoms with Crippen molar-refractivity contribution in [3.05, 3.63) is 24.3 Å². The van der Waals surface area contributed by atoms with Crippen LogP contribution in [0.1, 0.15) is 20.3 Å². The maximum atomic E-state index is 12.0. The highest BCUT2D eigenvalue weighted by atomic mass is 35.5. The lowest BCUT2D eigenvalue weighted by Gasteiger charge is -2.21. The third-order valence-electron chi connectivity index (χ3n) is 2.95. The number of benzene rings is 1. The lowest BCUT2D eigenvalue weighted by Crippen LogP contribution is -2.40. The smallest absolute Gasteiger partial charge is 0.244 e. The normalized spacial score (nSPS) is 11.1. The number of carbonyl (C=O) groups excluding carboxylic acids is 2. The van der Waals surface area contributed by atoms with Gasteiger partial charge in [0.1, 0.15) is 5.75 Å². The molecule has 0 aliphatic heterocycles. The summed E-state index contributed by atoms with van der Waals surface area (Å²) in [5.41, 5.74) is 6.20. The van der Waals surface area contributed by atoms with Crippen molar-refractivity contribution in [2.24, 2.45) is 5.73 Å². The van der Waals surface area contributed by atoms with Crippen molar-refractivity contribution in [1.29, 1.82) is 0 Å². The van der Waals surface area contributed by atoms with Gasteiger partial charge in [-0.1, -0.05) is 12.1 Å². The highest BCUT2D eigenvalue weighted by molar-refractivity contribution is 5.95. The zero-order valence-corrected chi connectivity index (χ0v) is 14.0. The number of hydrogen-bond donors (Lipinski definition) is 2. The van der Waals surface area contributed by atoms with Crippen molar-refractivity contribution in [2.75, 3.05) is 25.5 Å². The van der Waals surface area contributed by atoms with Gasteiger partial charge in [0.15, 0.2) is 0 Å². The van der Waals surface area contributed by atoms with Crippen LogP contribution in [0.2, 0.25) is 0 Å². The summed E-state index contributed by atoms with van der Waals surface area (Å²) in [6.07, 6.45) is 0.232. The number of nitrogens with one attached hydrogen (secondary N) is 1. The molecule has 0 aromatic heterocycles. The number of amides is 2. The van der Waals surface area contributed by atoms with E-state index in [0.717, 1.165) is 0 Å². The van der Waals surface area contributed by atoms with Crippen molar-refractivity contribution in [1.82, 2.24) is 4.90 Å². The van der Waals surface area contributed by atoms with Gasteiger partial charge in [-0.15, -0.1) is 12.4 Å². The Labute approximate surface area is 137 Å². The molecule has 0 aliphatic carbocycles. The van der Waals surface area contributed by atoms with Gasteiger partial charge in [-0.2, -0.15) is 0 Å². The van der Waals surface area contributed by atoms with Crippen LogP contribution in [-0.2, 0) is 9.59 Å². The lowest BCUT2D eigenvalue weighted by molar-refractivity contribution is -0.134. The van der Waals surface area contributed by atoms with Crippen molar-refractivity contribution in [3.63, 3.8) is 0 Å². The standard InChI is InChI=1S/C15H23N3O3.ClH/c1-4-18(15(20)9-11(2)16)10-14(19)17-12-7-5-6-8-13(12)21-3;/h5-8,11H,4,9-10,16H2,1-3H3,(H,17,19);1H. The molecule has 0 aliphatic rings. The number of likely N-dealkylation sites (N-methyl/N-ethyl adjacent to an activating group) is 1. The number of hydrogen-bond acceptors (Lipinski definition) is 4. The zero-order valence-electron chi connectivity index (χ0n) is 13.2. The van der Waals surface area contributed by atoms with Crippen LogP contribution in [0.25, 0.3) is 0 Å². The molecule has 0 heterocycles. The first kappa shape index (κ1) is 20.2. The maximum absolute atomic E-state index is 12.0. The first-order chi connectivity index (χ1) is 9.97. The summed E-state index contributed by atoms with van der Waals surface area (Å²) < 4.78 is 5.17. The summed E-state index contributed by atoms with van der Waals surface area (Å²) >= 11 is 0. The second kappa shape index (κ2) is 10.0. The van der Waals surface area contributed by atoms with E-state index in [-0.39, 0.29) is 43.2 Å². The quantitative estimate of drug-likeness (QED) is 0.796. The third kappa shape index (κ3) is 6.32. The van der Waals surface area contributed by atoms with Gasteiger partial charge in [-0.25, -0.2) is 0 Å². The number of ether oxygens (including phenoxy) is 1. The van der Waals surface area contributed by atoms with Crippen molar-refractivity contribution in [3.8, 4) is 5.75 Å². The Morgan fingerprint density at radius 3 is 2.55 bits per heavy atom. The Hall–Kier alpha value is -1.79. The molecule has 124 valence electrons. The predicted molar refractivity (Wildman–Crippen MR) is 89.4 cm³/mol. The van der Waals surface area contributed by atoms with E-state index in [1.807, 2.05) is 13.0 Å². The van der Waals surface area contributed by atoms with Crippen molar-refractivity contribution < 1.29 is 14.3 Å². The van der Waals surface area contributed by atoms with Crippen LogP contribution in [0.3, 0.4) is 0 Å². The van der Waals surface area contributed by atoms with Gasteiger partial charge in [0, 0.05) is 19.0 Å². The molecule has 22 heavy (non-hydrogen) atoms. The van der Waals surface area contributed by atoms with E-state index in [1.54, 1.807) is 25.1 Å². The van der Waals surface area contributed by atoms with Gasteiger partial charge in [0.25, 0.3) is 0 Å². The largest absolute Gasteiger partial charge is 0.495 e. The highest BCUT2D eigenvalue weighted by Crippen LogP contribution is 2.22. The van der Waals surface area contributed by atoms with Crippen LogP contribution in [0, 0.1) is 0 Å². The average Bonchev–Trinajstić information content (AvgIpc) is 2.44. The number of halogens is 1. The minimum atomic E-state index is -0.264. The van der Waals surface area contributed by atoms with Crippen LogP contribution < -0.4 is 15.8 Å². The summed E-state index contributed by atoms with van der Waals surface area (Å²) in [5.74, 6) is 0.192. The molecule has 1 aromatic rings. The van der Waals surface area contributed by atoms with E-state index in [0.29, 0.717) is 18.0 Å². The van der Waals surface area contributed by atoms with Crippen molar-refractivity contribution >= 4 is 29.9 Å². The minimum absolute atomic E-state index is 0. The van der Waals surface area contributed by atoms with Crippen LogP contribution in [-0.4, -0.2) is 43.0 Å². The predicted octanol–water partition coefficient (Wildman–Crippen LogP) is 1.64. The molecule has 0 saturated heterocycles. The van der Waals surface area contributed by atoms with E-state index >= 15 is 0 Å². The van der Waals surface area contributed by atoms with Gasteiger partial charge in [0.2, 0.25) is 11.8 Å². The van der Waals surface area contributed by atoms with Crippen LogP contribution in [0.4, 0.5) is 5.69 Å². The molecule has 0 radical (unpaired) electrons. The monoisotopic (exact) mass is 329 g/mol. The second-order valence-corrected chi connectivity index (χ2v) is 4.84. The SMILES string of the molecule is CCN(CC(=O)Nc1ccccc1OC)C(=O)CC(C)N.Cl. The molecule has 0 spiro atoms. The molecule has 3 N–H and O–H groups in total. The molecule has 7 heteroatoms. The summed E-state index contributed by atoms with van der Waals surface area (Å²) in [6.45, 7) is 4.06. The molecule has 1 unspecified atom stereocenters. The lowest BCUT2D eigenvalue weighted by atomic mass is 10.2. The first-order valence-electron chi connectivity index (χ1n) is 6.94. The van der Waals surface area contributed by atoms with E-state index in [2.05, 4.69) is 5.32 Å². The number of anilines is 1. The summed E-state index contributed by atoms with van der Waals surface area (Å²) in [7, 11) is 1.54. The van der Waals surface area contributed by atoms with E-state index < -0.39 is 0 Å². The third-order valence-corrected chi connectivity index (χ3v) is 2.95. The van der Waals surface area contributed by atoms with E-state index in [4.69, 9.17) is 10.5 Å². The van der Waals surface area contributed by atoms with E-state index in [9.17, 15) is 9.59 Å². The summed E-state index contributed by atoms with van der Waals surface area (Å²) in [4.78, 5) is 25.5. The Morgan fingerprint density at radius 1 is 1.36 bits per heavy atom. The van der Waals surface area contributed by atoms with Gasteiger partial charge >= 0.3 is 0 Å². The first-order valence-corrected chi connectivity index (χ1v) is 6.94. The van der Waals surface area contributed by atoms with Gasteiger partial charge in [0.05, 0.1) is 19.3 Å². The van der Waals surface area contributed by atoms with Gasteiger partial charge in [-0.05, 0) is 26.0 Å². The Balaban J connectivity index is 0.00000441. The molecule has 0 bridgehead atoms. The molecule has 0 fully saturated rings. The molecule has 2 amide bonds. The Bertz CT molecular complexity index is 495. The highest BCUT2D eigenvalue weighted by Gasteiger charge is 2.17. The second-order valence-electron chi connectivity index (χ2n) is 4.84. The average molecular weight is 330 g/mol. The minimum Gasteiger partial charge on any atom is -0.495 e. The number of para-hydroxylation sites is 2. The fourth-order valence-corrected chi connectivity index (χ4v) is 1.89. The molecular weight excluding hydrogens is 306 g/mol.